The Bertz CT molecular complexity index is 510. The lowest BCUT2D eigenvalue weighted by molar-refractivity contribution is -0.114. The average molecular weight is 353 g/mol. The van der Waals surface area contributed by atoms with E-state index in [1.54, 1.807) is 6.92 Å². The lowest BCUT2D eigenvalue weighted by atomic mass is 9.94. The van der Waals surface area contributed by atoms with Gasteiger partial charge in [0.2, 0.25) is 5.91 Å². The van der Waals surface area contributed by atoms with Crippen molar-refractivity contribution in [2.24, 2.45) is 0 Å². The first-order chi connectivity index (χ1) is 9.97. The molecule has 0 heterocycles. The summed E-state index contributed by atoms with van der Waals surface area (Å²) in [6.45, 7) is 4.52. The highest BCUT2D eigenvalue weighted by Crippen LogP contribution is 2.31. The number of hydrogen-bond donors (Lipinski definition) is 1. The standard InChI is InChI=1S/C17H25BrN2O/c1-12-9-14(17(16(18)10-12)19-13(2)21)11-20(3)15-7-5-4-6-8-15/h9-10,15H,4-8,11H2,1-3H3,(H,19,21). The normalized spacial score (nSPS) is 16.2. The van der Waals surface area contributed by atoms with Gasteiger partial charge in [0.05, 0.1) is 5.69 Å². The van der Waals surface area contributed by atoms with Crippen LogP contribution in [0.25, 0.3) is 0 Å². The van der Waals surface area contributed by atoms with Crippen molar-refractivity contribution >= 4 is 27.5 Å². The van der Waals surface area contributed by atoms with Gasteiger partial charge in [0.15, 0.2) is 0 Å². The second-order valence-corrected chi connectivity index (χ2v) is 7.02. The molecule has 4 heteroatoms. The number of carbonyl (C=O) groups excluding carboxylic acids is 1. The Hall–Kier alpha value is -0.870. The summed E-state index contributed by atoms with van der Waals surface area (Å²) in [5.41, 5.74) is 3.31. The molecule has 0 aliphatic heterocycles. The topological polar surface area (TPSA) is 32.3 Å². The number of rotatable bonds is 4. The fourth-order valence-corrected chi connectivity index (χ4v) is 3.89. The predicted octanol–water partition coefficient (Wildman–Crippen LogP) is 4.48. The maximum atomic E-state index is 11.4. The third kappa shape index (κ3) is 4.55. The van der Waals surface area contributed by atoms with Crippen LogP contribution in [-0.2, 0) is 11.3 Å². The van der Waals surface area contributed by atoms with Crippen LogP contribution in [0.2, 0.25) is 0 Å². The van der Waals surface area contributed by atoms with Gasteiger partial charge in [0.1, 0.15) is 0 Å². The van der Waals surface area contributed by atoms with E-state index in [0.717, 1.165) is 16.7 Å². The highest BCUT2D eigenvalue weighted by atomic mass is 79.9. The number of amides is 1. The lowest BCUT2D eigenvalue weighted by Gasteiger charge is -2.32. The molecule has 0 aromatic heterocycles. The maximum absolute atomic E-state index is 11.4. The van der Waals surface area contributed by atoms with Crippen LogP contribution < -0.4 is 5.32 Å². The lowest BCUT2D eigenvalue weighted by Crippen LogP contribution is -2.33. The molecule has 116 valence electrons. The van der Waals surface area contributed by atoms with Gasteiger partial charge in [-0.05, 0) is 59.9 Å². The number of benzene rings is 1. The van der Waals surface area contributed by atoms with Gasteiger partial charge in [-0.25, -0.2) is 0 Å². The van der Waals surface area contributed by atoms with Gasteiger partial charge in [-0.1, -0.05) is 25.3 Å². The van der Waals surface area contributed by atoms with Crippen molar-refractivity contribution in [2.45, 2.75) is 58.5 Å². The van der Waals surface area contributed by atoms with E-state index < -0.39 is 0 Å². The zero-order valence-electron chi connectivity index (χ0n) is 13.2. The molecule has 0 bridgehead atoms. The molecule has 1 aromatic rings. The van der Waals surface area contributed by atoms with Crippen molar-refractivity contribution in [2.75, 3.05) is 12.4 Å². The average Bonchev–Trinajstić information content (AvgIpc) is 2.43. The van der Waals surface area contributed by atoms with Crippen LogP contribution in [0, 0.1) is 6.92 Å². The fraction of sp³-hybridized carbons (Fsp3) is 0.588. The van der Waals surface area contributed by atoms with E-state index in [4.69, 9.17) is 0 Å². The first-order valence-corrected chi connectivity index (χ1v) is 8.53. The number of aryl methyl sites for hydroxylation is 1. The summed E-state index contributed by atoms with van der Waals surface area (Å²) in [4.78, 5) is 13.9. The Morgan fingerprint density at radius 3 is 2.62 bits per heavy atom. The Morgan fingerprint density at radius 1 is 1.33 bits per heavy atom. The Kier molecular flexibility index (Phi) is 5.82. The van der Waals surface area contributed by atoms with Crippen molar-refractivity contribution in [3.8, 4) is 0 Å². The second-order valence-electron chi connectivity index (χ2n) is 6.17. The highest BCUT2D eigenvalue weighted by Gasteiger charge is 2.20. The molecular weight excluding hydrogens is 328 g/mol. The van der Waals surface area contributed by atoms with E-state index in [-0.39, 0.29) is 5.91 Å². The Balaban J connectivity index is 2.18. The molecule has 1 aromatic carbocycles. The van der Waals surface area contributed by atoms with Crippen LogP contribution in [0.4, 0.5) is 5.69 Å². The Labute approximate surface area is 136 Å². The molecule has 0 atom stereocenters. The number of anilines is 1. The molecule has 0 spiro atoms. The van der Waals surface area contributed by atoms with Crippen LogP contribution in [0.3, 0.4) is 0 Å². The first-order valence-electron chi connectivity index (χ1n) is 7.74. The molecule has 1 amide bonds. The van der Waals surface area contributed by atoms with Gasteiger partial charge >= 0.3 is 0 Å². The summed E-state index contributed by atoms with van der Waals surface area (Å²) < 4.78 is 0.963. The molecule has 2 rings (SSSR count). The highest BCUT2D eigenvalue weighted by molar-refractivity contribution is 9.10. The van der Waals surface area contributed by atoms with Crippen LogP contribution in [0.15, 0.2) is 16.6 Å². The minimum atomic E-state index is -0.0267. The number of carbonyl (C=O) groups is 1. The summed E-state index contributed by atoms with van der Waals surface area (Å²) in [5.74, 6) is -0.0267. The zero-order chi connectivity index (χ0) is 15.4. The van der Waals surface area contributed by atoms with E-state index in [9.17, 15) is 4.79 Å². The van der Waals surface area contributed by atoms with Crippen molar-refractivity contribution in [1.82, 2.24) is 4.90 Å². The molecule has 0 saturated heterocycles. The van der Waals surface area contributed by atoms with Crippen molar-refractivity contribution in [1.29, 1.82) is 0 Å². The van der Waals surface area contributed by atoms with Gasteiger partial charge in [0, 0.05) is 24.0 Å². The largest absolute Gasteiger partial charge is 0.325 e. The van der Waals surface area contributed by atoms with Gasteiger partial charge in [0.25, 0.3) is 0 Å². The molecule has 1 aliphatic carbocycles. The summed E-state index contributed by atoms with van der Waals surface area (Å²) >= 11 is 3.58. The molecule has 1 fully saturated rings. The van der Waals surface area contributed by atoms with Crippen molar-refractivity contribution < 1.29 is 4.79 Å². The molecule has 1 aliphatic rings. The first kappa shape index (κ1) is 16.5. The molecule has 1 saturated carbocycles. The number of nitrogens with one attached hydrogen (secondary N) is 1. The third-order valence-corrected chi connectivity index (χ3v) is 4.86. The molecular formula is C17H25BrN2O. The second kappa shape index (κ2) is 7.41. The number of nitrogens with zero attached hydrogens (tertiary/aromatic N) is 1. The van der Waals surface area contributed by atoms with E-state index in [2.05, 4.69) is 52.3 Å². The van der Waals surface area contributed by atoms with Gasteiger partial charge in [-0.15, -0.1) is 0 Å². The molecule has 0 unspecified atom stereocenters. The quantitative estimate of drug-likeness (QED) is 0.866. The third-order valence-electron chi connectivity index (χ3n) is 4.24. The number of hydrogen-bond acceptors (Lipinski definition) is 2. The number of halogens is 1. The minimum absolute atomic E-state index is 0.0267. The zero-order valence-corrected chi connectivity index (χ0v) is 14.8. The summed E-state index contributed by atoms with van der Waals surface area (Å²) in [6, 6.07) is 4.90. The van der Waals surface area contributed by atoms with E-state index in [1.165, 1.54) is 43.2 Å². The van der Waals surface area contributed by atoms with Crippen LogP contribution in [-0.4, -0.2) is 23.9 Å². The molecule has 1 N–H and O–H groups in total. The van der Waals surface area contributed by atoms with Crippen molar-refractivity contribution in [3.05, 3.63) is 27.7 Å². The molecule has 3 nitrogen and oxygen atoms in total. The monoisotopic (exact) mass is 352 g/mol. The van der Waals surface area contributed by atoms with Crippen LogP contribution >= 0.6 is 15.9 Å². The van der Waals surface area contributed by atoms with Gasteiger partial charge in [-0.3, -0.25) is 9.69 Å². The molecule has 0 radical (unpaired) electrons. The fourth-order valence-electron chi connectivity index (χ4n) is 3.17. The smallest absolute Gasteiger partial charge is 0.221 e. The van der Waals surface area contributed by atoms with Gasteiger partial charge in [-0.2, -0.15) is 0 Å². The van der Waals surface area contributed by atoms with Gasteiger partial charge < -0.3 is 5.32 Å². The summed E-state index contributed by atoms with van der Waals surface area (Å²) in [6.07, 6.45) is 6.63. The van der Waals surface area contributed by atoms with Crippen LogP contribution in [0.5, 0.6) is 0 Å². The maximum Gasteiger partial charge on any atom is 0.221 e. The van der Waals surface area contributed by atoms with Crippen molar-refractivity contribution in [3.63, 3.8) is 0 Å². The minimum Gasteiger partial charge on any atom is -0.325 e. The Morgan fingerprint density at radius 2 is 2.00 bits per heavy atom. The summed E-state index contributed by atoms with van der Waals surface area (Å²) in [7, 11) is 2.20. The summed E-state index contributed by atoms with van der Waals surface area (Å²) in [5, 5.41) is 2.96. The SMILES string of the molecule is CC(=O)Nc1c(Br)cc(C)cc1CN(C)C1CCCCC1. The van der Waals surface area contributed by atoms with Crippen LogP contribution in [0.1, 0.15) is 50.2 Å². The van der Waals surface area contributed by atoms with E-state index >= 15 is 0 Å². The van der Waals surface area contributed by atoms with E-state index in [1.807, 2.05) is 0 Å². The predicted molar refractivity (Wildman–Crippen MR) is 91.5 cm³/mol. The molecule has 21 heavy (non-hydrogen) atoms. The van der Waals surface area contributed by atoms with E-state index in [0.29, 0.717) is 6.04 Å².